The minimum Gasteiger partial charge on any atom is -0.492 e. The first kappa shape index (κ1) is 20.8. The molecule has 0 radical (unpaired) electrons. The van der Waals surface area contributed by atoms with Gasteiger partial charge in [-0.05, 0) is 57.0 Å². The van der Waals surface area contributed by atoms with Crippen LogP contribution in [0.25, 0.3) is 0 Å². The highest BCUT2D eigenvalue weighted by Crippen LogP contribution is 2.15. The Balaban J connectivity index is 1.42. The summed E-state index contributed by atoms with van der Waals surface area (Å²) in [6.07, 6.45) is 2.25. The fourth-order valence-corrected chi connectivity index (χ4v) is 3.88. The topological polar surface area (TPSA) is 33.7 Å². The van der Waals surface area contributed by atoms with Gasteiger partial charge in [-0.2, -0.15) is 0 Å². The third-order valence-corrected chi connectivity index (χ3v) is 5.37. The van der Waals surface area contributed by atoms with E-state index in [1.54, 1.807) is 0 Å². The Morgan fingerprint density at radius 3 is 2.46 bits per heavy atom. The van der Waals surface area contributed by atoms with Crippen molar-refractivity contribution < 1.29 is 9.47 Å². The van der Waals surface area contributed by atoms with Gasteiger partial charge in [-0.25, -0.2) is 0 Å². The van der Waals surface area contributed by atoms with Crippen molar-refractivity contribution in [3.63, 3.8) is 0 Å². The molecule has 1 N–H and O–H groups in total. The van der Waals surface area contributed by atoms with E-state index in [-0.39, 0.29) is 0 Å². The van der Waals surface area contributed by atoms with Crippen molar-refractivity contribution in [2.45, 2.75) is 45.8 Å². The molecule has 1 fully saturated rings. The van der Waals surface area contributed by atoms with Crippen LogP contribution in [0.3, 0.4) is 0 Å². The van der Waals surface area contributed by atoms with E-state index in [4.69, 9.17) is 9.47 Å². The summed E-state index contributed by atoms with van der Waals surface area (Å²) in [6.45, 7) is 9.44. The average Bonchev–Trinajstić information content (AvgIpc) is 2.68. The van der Waals surface area contributed by atoms with Gasteiger partial charge in [-0.1, -0.05) is 41.5 Å². The van der Waals surface area contributed by atoms with Crippen molar-refractivity contribution in [1.82, 2.24) is 10.2 Å². The maximum Gasteiger partial charge on any atom is 0.119 e. The normalized spacial score (nSPS) is 15.1. The summed E-state index contributed by atoms with van der Waals surface area (Å²) in [5, 5.41) is 3.54. The third-order valence-electron chi connectivity index (χ3n) is 5.37. The molecule has 1 heterocycles. The van der Waals surface area contributed by atoms with E-state index in [1.165, 1.54) is 22.3 Å². The van der Waals surface area contributed by atoms with Crippen LogP contribution in [0, 0.1) is 13.8 Å². The molecule has 1 saturated heterocycles. The van der Waals surface area contributed by atoms with E-state index in [1.807, 2.05) is 6.07 Å². The molecule has 0 unspecified atom stereocenters. The molecule has 1 aliphatic heterocycles. The predicted molar refractivity (Wildman–Crippen MR) is 115 cm³/mol. The molecule has 2 aromatic rings. The van der Waals surface area contributed by atoms with Crippen molar-refractivity contribution >= 4 is 0 Å². The standard InChI is InChI=1S/C24H34N2O2/c1-19-13-20(2)15-22(14-19)18-25-17-21-5-4-6-24(16-21)28-12-9-26(3)23-7-10-27-11-8-23/h4-6,13-16,23,25H,7-12,17-18H2,1-3H3. The summed E-state index contributed by atoms with van der Waals surface area (Å²) >= 11 is 0. The van der Waals surface area contributed by atoms with Crippen molar-refractivity contribution in [2.24, 2.45) is 0 Å². The van der Waals surface area contributed by atoms with Gasteiger partial charge in [-0.15, -0.1) is 0 Å². The SMILES string of the molecule is Cc1cc(C)cc(CNCc2cccc(OCCN(C)C3CCOCC3)c2)c1. The minimum absolute atomic E-state index is 0.623. The van der Waals surface area contributed by atoms with Crippen LogP contribution >= 0.6 is 0 Å². The number of aryl methyl sites for hydroxylation is 2. The highest BCUT2D eigenvalue weighted by molar-refractivity contribution is 5.30. The highest BCUT2D eigenvalue weighted by atomic mass is 16.5. The zero-order chi connectivity index (χ0) is 19.8. The number of nitrogens with zero attached hydrogens (tertiary/aromatic N) is 1. The van der Waals surface area contributed by atoms with Crippen molar-refractivity contribution in [1.29, 1.82) is 0 Å². The number of ether oxygens (including phenoxy) is 2. The molecule has 0 atom stereocenters. The highest BCUT2D eigenvalue weighted by Gasteiger charge is 2.17. The molecule has 3 rings (SSSR count). The van der Waals surface area contributed by atoms with Gasteiger partial charge in [0.2, 0.25) is 0 Å². The van der Waals surface area contributed by atoms with Crippen molar-refractivity contribution in [3.8, 4) is 5.75 Å². The second-order valence-electron chi connectivity index (χ2n) is 7.92. The van der Waals surface area contributed by atoms with Gasteiger partial charge in [-0.3, -0.25) is 4.90 Å². The molecule has 1 aliphatic rings. The lowest BCUT2D eigenvalue weighted by atomic mass is 10.1. The van der Waals surface area contributed by atoms with Gasteiger partial charge in [0, 0.05) is 38.9 Å². The van der Waals surface area contributed by atoms with E-state index < -0.39 is 0 Å². The van der Waals surface area contributed by atoms with Crippen LogP contribution in [0.15, 0.2) is 42.5 Å². The zero-order valence-corrected chi connectivity index (χ0v) is 17.5. The molecule has 0 saturated carbocycles. The monoisotopic (exact) mass is 382 g/mol. The maximum absolute atomic E-state index is 6.00. The second-order valence-corrected chi connectivity index (χ2v) is 7.92. The molecule has 152 valence electrons. The van der Waals surface area contributed by atoms with Crippen LogP contribution < -0.4 is 10.1 Å². The Morgan fingerprint density at radius 1 is 1.00 bits per heavy atom. The average molecular weight is 383 g/mol. The van der Waals surface area contributed by atoms with Crippen LogP contribution in [-0.4, -0.2) is 44.4 Å². The molecule has 4 heteroatoms. The first-order chi connectivity index (χ1) is 13.6. The van der Waals surface area contributed by atoms with Gasteiger partial charge < -0.3 is 14.8 Å². The summed E-state index contributed by atoms with van der Waals surface area (Å²) < 4.78 is 11.4. The Kier molecular flexibility index (Phi) is 7.90. The molecule has 0 aromatic heterocycles. The molecule has 28 heavy (non-hydrogen) atoms. The second kappa shape index (κ2) is 10.6. The number of likely N-dealkylation sites (N-methyl/N-ethyl adjacent to an activating group) is 1. The number of benzene rings is 2. The third kappa shape index (κ3) is 6.62. The Hall–Kier alpha value is -1.88. The Bertz CT molecular complexity index is 721. The Labute approximate surface area is 169 Å². The molecule has 0 aliphatic carbocycles. The lowest BCUT2D eigenvalue weighted by Gasteiger charge is -2.31. The van der Waals surface area contributed by atoms with E-state index in [0.717, 1.165) is 51.4 Å². The van der Waals surface area contributed by atoms with Crippen LogP contribution in [0.4, 0.5) is 0 Å². The van der Waals surface area contributed by atoms with Gasteiger partial charge in [0.1, 0.15) is 12.4 Å². The molecular weight excluding hydrogens is 348 g/mol. The largest absolute Gasteiger partial charge is 0.492 e. The fourth-order valence-electron chi connectivity index (χ4n) is 3.88. The quantitative estimate of drug-likeness (QED) is 0.708. The minimum atomic E-state index is 0.623. The van der Waals surface area contributed by atoms with Gasteiger partial charge in [0.25, 0.3) is 0 Å². The predicted octanol–water partition coefficient (Wildman–Crippen LogP) is 4.08. The van der Waals surface area contributed by atoms with Gasteiger partial charge in [0.05, 0.1) is 0 Å². The molecule has 0 amide bonds. The van der Waals surface area contributed by atoms with Crippen LogP contribution in [0.1, 0.15) is 35.1 Å². The molecule has 2 aromatic carbocycles. The molecule has 0 bridgehead atoms. The first-order valence-corrected chi connectivity index (χ1v) is 10.4. The Morgan fingerprint density at radius 2 is 1.71 bits per heavy atom. The van der Waals surface area contributed by atoms with Crippen LogP contribution in [-0.2, 0) is 17.8 Å². The number of hydrogen-bond acceptors (Lipinski definition) is 4. The van der Waals surface area contributed by atoms with E-state index in [2.05, 4.69) is 67.5 Å². The maximum atomic E-state index is 6.00. The van der Waals surface area contributed by atoms with E-state index in [0.29, 0.717) is 12.6 Å². The number of hydrogen-bond donors (Lipinski definition) is 1. The lowest BCUT2D eigenvalue weighted by Crippen LogP contribution is -2.38. The zero-order valence-electron chi connectivity index (χ0n) is 17.5. The van der Waals surface area contributed by atoms with Crippen molar-refractivity contribution in [2.75, 3.05) is 33.4 Å². The van der Waals surface area contributed by atoms with Crippen LogP contribution in [0.5, 0.6) is 5.75 Å². The summed E-state index contributed by atoms with van der Waals surface area (Å²) in [7, 11) is 2.19. The van der Waals surface area contributed by atoms with E-state index >= 15 is 0 Å². The number of rotatable bonds is 9. The lowest BCUT2D eigenvalue weighted by molar-refractivity contribution is 0.0392. The first-order valence-electron chi connectivity index (χ1n) is 10.4. The molecular formula is C24H34N2O2. The van der Waals surface area contributed by atoms with Crippen molar-refractivity contribution in [3.05, 3.63) is 64.7 Å². The fraction of sp³-hybridized carbons (Fsp3) is 0.500. The molecule has 0 spiro atoms. The summed E-state index contributed by atoms with van der Waals surface area (Å²) in [5.41, 5.74) is 5.22. The number of nitrogens with one attached hydrogen (secondary N) is 1. The van der Waals surface area contributed by atoms with Gasteiger partial charge in [0.15, 0.2) is 0 Å². The van der Waals surface area contributed by atoms with E-state index in [9.17, 15) is 0 Å². The molecule has 4 nitrogen and oxygen atoms in total. The summed E-state index contributed by atoms with van der Waals surface area (Å²) in [6, 6.07) is 15.7. The van der Waals surface area contributed by atoms with Gasteiger partial charge >= 0.3 is 0 Å². The summed E-state index contributed by atoms with van der Waals surface area (Å²) in [5.74, 6) is 0.950. The summed E-state index contributed by atoms with van der Waals surface area (Å²) in [4.78, 5) is 2.40. The smallest absolute Gasteiger partial charge is 0.119 e. The van der Waals surface area contributed by atoms with Crippen LogP contribution in [0.2, 0.25) is 0 Å².